The molecule has 0 unspecified atom stereocenters. The van der Waals surface area contributed by atoms with Crippen LogP contribution in [0.25, 0.3) is 0 Å². The zero-order valence-corrected chi connectivity index (χ0v) is 15.4. The van der Waals surface area contributed by atoms with Crippen LogP contribution in [-0.2, 0) is 6.54 Å². The van der Waals surface area contributed by atoms with Gasteiger partial charge in [0.05, 0.1) is 23.3 Å². The van der Waals surface area contributed by atoms with Gasteiger partial charge in [-0.2, -0.15) is 5.10 Å². The highest BCUT2D eigenvalue weighted by molar-refractivity contribution is 7.09. The van der Waals surface area contributed by atoms with Gasteiger partial charge < -0.3 is 15.1 Å². The Hall–Kier alpha value is -2.42. The zero-order valence-electron chi connectivity index (χ0n) is 14.6. The van der Waals surface area contributed by atoms with E-state index >= 15 is 0 Å². The molecule has 9 heteroatoms. The largest absolute Gasteiger partial charge is 0.351 e. The van der Waals surface area contributed by atoms with Crippen LogP contribution in [0.15, 0.2) is 17.6 Å². The summed E-state index contributed by atoms with van der Waals surface area (Å²) in [5.74, 6) is -0.165. The SMILES string of the molecule is Cc1nc(C(=O)NCC[C@@H]2CN(C(=O)N(C)C)Cc3ccnn32)cs1. The Morgan fingerprint density at radius 3 is 2.92 bits per heavy atom. The van der Waals surface area contributed by atoms with Gasteiger partial charge in [0.2, 0.25) is 0 Å². The Morgan fingerprint density at radius 2 is 2.24 bits per heavy atom. The van der Waals surface area contributed by atoms with E-state index in [1.165, 1.54) is 11.3 Å². The van der Waals surface area contributed by atoms with Crippen molar-refractivity contribution < 1.29 is 9.59 Å². The number of carbonyl (C=O) groups is 2. The van der Waals surface area contributed by atoms with E-state index in [4.69, 9.17) is 0 Å². The van der Waals surface area contributed by atoms with E-state index in [1.54, 1.807) is 30.6 Å². The molecule has 1 N–H and O–H groups in total. The van der Waals surface area contributed by atoms with E-state index in [2.05, 4.69) is 15.4 Å². The number of fused-ring (bicyclic) bond motifs is 1. The number of hydrogen-bond donors (Lipinski definition) is 1. The summed E-state index contributed by atoms with van der Waals surface area (Å²) in [7, 11) is 3.50. The lowest BCUT2D eigenvalue weighted by Gasteiger charge is -2.35. The molecule has 3 amide bonds. The van der Waals surface area contributed by atoms with Gasteiger partial charge in [0.15, 0.2) is 0 Å². The van der Waals surface area contributed by atoms with Gasteiger partial charge in [-0.05, 0) is 19.4 Å². The standard InChI is InChI=1S/C16H22N6O2S/c1-11-19-14(10-25-11)15(23)17-6-4-12-8-21(16(24)20(2)3)9-13-5-7-18-22(12)13/h5,7,10,12H,4,6,8-9H2,1-3H3,(H,17,23)/t12-/m1/s1. The summed E-state index contributed by atoms with van der Waals surface area (Å²) in [5.41, 5.74) is 1.46. The number of hydrogen-bond acceptors (Lipinski definition) is 5. The van der Waals surface area contributed by atoms with Gasteiger partial charge in [0.25, 0.3) is 5.91 Å². The molecule has 3 rings (SSSR count). The smallest absolute Gasteiger partial charge is 0.319 e. The van der Waals surface area contributed by atoms with Crippen molar-refractivity contribution in [1.29, 1.82) is 0 Å². The highest BCUT2D eigenvalue weighted by Gasteiger charge is 2.29. The van der Waals surface area contributed by atoms with Crippen molar-refractivity contribution in [3.8, 4) is 0 Å². The van der Waals surface area contributed by atoms with E-state index in [0.29, 0.717) is 31.7 Å². The molecule has 134 valence electrons. The van der Waals surface area contributed by atoms with Crippen LogP contribution in [0.4, 0.5) is 4.79 Å². The molecular formula is C16H22N6O2S. The van der Waals surface area contributed by atoms with Gasteiger partial charge in [0.1, 0.15) is 5.69 Å². The van der Waals surface area contributed by atoms with Crippen LogP contribution in [0, 0.1) is 6.92 Å². The maximum absolute atomic E-state index is 12.3. The predicted molar refractivity (Wildman–Crippen MR) is 94.6 cm³/mol. The van der Waals surface area contributed by atoms with Crippen molar-refractivity contribution in [2.24, 2.45) is 0 Å². The van der Waals surface area contributed by atoms with Gasteiger partial charge in [-0.1, -0.05) is 0 Å². The van der Waals surface area contributed by atoms with E-state index in [9.17, 15) is 9.59 Å². The number of rotatable bonds is 4. The molecule has 2 aromatic rings. The minimum Gasteiger partial charge on any atom is -0.351 e. The van der Waals surface area contributed by atoms with Gasteiger partial charge in [0, 0.05) is 38.8 Å². The molecule has 0 aliphatic carbocycles. The van der Waals surface area contributed by atoms with Crippen LogP contribution in [-0.4, -0.2) is 63.7 Å². The quantitative estimate of drug-likeness (QED) is 0.894. The van der Waals surface area contributed by atoms with E-state index in [0.717, 1.165) is 10.7 Å². The fourth-order valence-electron chi connectivity index (χ4n) is 2.94. The van der Waals surface area contributed by atoms with Crippen molar-refractivity contribution in [1.82, 2.24) is 29.9 Å². The Labute approximate surface area is 150 Å². The number of urea groups is 1. The maximum Gasteiger partial charge on any atom is 0.319 e. The van der Waals surface area contributed by atoms with E-state index < -0.39 is 0 Å². The number of nitrogens with zero attached hydrogens (tertiary/aromatic N) is 5. The molecule has 1 aliphatic rings. The first-order chi connectivity index (χ1) is 12.0. The summed E-state index contributed by atoms with van der Waals surface area (Å²) in [5, 5.41) is 9.91. The predicted octanol–water partition coefficient (Wildman–Crippen LogP) is 1.51. The molecule has 0 radical (unpaired) electrons. The third-order valence-electron chi connectivity index (χ3n) is 4.15. The van der Waals surface area contributed by atoms with Crippen molar-refractivity contribution in [2.75, 3.05) is 27.2 Å². The third-order valence-corrected chi connectivity index (χ3v) is 4.92. The normalized spacial score (nSPS) is 16.4. The number of aromatic nitrogens is 3. The molecule has 2 aromatic heterocycles. The number of nitrogens with one attached hydrogen (secondary N) is 1. The lowest BCUT2D eigenvalue weighted by molar-refractivity contribution is 0.0942. The van der Waals surface area contributed by atoms with E-state index in [-0.39, 0.29) is 18.0 Å². The van der Waals surface area contributed by atoms with Crippen molar-refractivity contribution in [3.63, 3.8) is 0 Å². The van der Waals surface area contributed by atoms with Gasteiger partial charge in [-0.15, -0.1) is 11.3 Å². The monoisotopic (exact) mass is 362 g/mol. The molecule has 1 aliphatic heterocycles. The topological polar surface area (TPSA) is 83.4 Å². The second-order valence-corrected chi connectivity index (χ2v) is 7.34. The Balaban J connectivity index is 1.61. The minimum absolute atomic E-state index is 0.0144. The second-order valence-electron chi connectivity index (χ2n) is 6.27. The van der Waals surface area contributed by atoms with Crippen LogP contribution in [0.2, 0.25) is 0 Å². The Kier molecular flexibility index (Phi) is 5.03. The molecule has 0 saturated heterocycles. The molecule has 3 heterocycles. The fourth-order valence-corrected chi connectivity index (χ4v) is 3.53. The van der Waals surface area contributed by atoms with Crippen molar-refractivity contribution in [3.05, 3.63) is 34.0 Å². The summed E-state index contributed by atoms with van der Waals surface area (Å²) < 4.78 is 1.96. The molecule has 8 nitrogen and oxygen atoms in total. The molecule has 25 heavy (non-hydrogen) atoms. The van der Waals surface area contributed by atoms with Gasteiger partial charge >= 0.3 is 6.03 Å². The van der Waals surface area contributed by atoms with Gasteiger partial charge in [-0.3, -0.25) is 9.48 Å². The highest BCUT2D eigenvalue weighted by atomic mass is 32.1. The van der Waals surface area contributed by atoms with Crippen LogP contribution in [0.3, 0.4) is 0 Å². The van der Waals surface area contributed by atoms with Crippen LogP contribution < -0.4 is 5.32 Å². The van der Waals surface area contributed by atoms with Crippen molar-refractivity contribution >= 4 is 23.3 Å². The number of amides is 3. The summed E-state index contributed by atoms with van der Waals surface area (Å²) in [6, 6.07) is 1.96. The Morgan fingerprint density at radius 1 is 1.44 bits per heavy atom. The average molecular weight is 362 g/mol. The molecule has 0 fully saturated rings. The minimum atomic E-state index is -0.165. The number of thiazole rings is 1. The summed E-state index contributed by atoms with van der Waals surface area (Å²) in [4.78, 5) is 32.0. The lowest BCUT2D eigenvalue weighted by Crippen LogP contribution is -2.46. The second kappa shape index (κ2) is 7.22. The van der Waals surface area contributed by atoms with Crippen LogP contribution >= 0.6 is 11.3 Å². The number of carbonyl (C=O) groups excluding carboxylic acids is 2. The summed E-state index contributed by atoms with van der Waals surface area (Å²) >= 11 is 1.46. The highest BCUT2D eigenvalue weighted by Crippen LogP contribution is 2.23. The zero-order chi connectivity index (χ0) is 18.0. The van der Waals surface area contributed by atoms with Crippen LogP contribution in [0.1, 0.15) is 33.7 Å². The maximum atomic E-state index is 12.3. The number of aryl methyl sites for hydroxylation is 1. The first-order valence-electron chi connectivity index (χ1n) is 8.14. The fraction of sp³-hybridized carbons (Fsp3) is 0.500. The summed E-state index contributed by atoms with van der Waals surface area (Å²) in [6.45, 7) is 3.51. The van der Waals surface area contributed by atoms with Crippen molar-refractivity contribution in [2.45, 2.75) is 25.9 Å². The molecule has 0 bridgehead atoms. The molecule has 0 spiro atoms. The molecule has 0 saturated carbocycles. The van der Waals surface area contributed by atoms with Gasteiger partial charge in [-0.25, -0.2) is 9.78 Å². The van der Waals surface area contributed by atoms with E-state index in [1.807, 2.05) is 22.6 Å². The Bertz CT molecular complexity index is 768. The molecule has 0 aromatic carbocycles. The summed E-state index contributed by atoms with van der Waals surface area (Å²) in [6.07, 6.45) is 2.45. The third kappa shape index (κ3) is 3.81. The molecular weight excluding hydrogens is 340 g/mol. The first kappa shape index (κ1) is 17.4. The lowest BCUT2D eigenvalue weighted by atomic mass is 10.1. The average Bonchev–Trinajstić information content (AvgIpc) is 3.22. The first-order valence-corrected chi connectivity index (χ1v) is 9.02. The molecule has 1 atom stereocenters. The van der Waals surface area contributed by atoms with Crippen LogP contribution in [0.5, 0.6) is 0 Å².